The summed E-state index contributed by atoms with van der Waals surface area (Å²) in [6.45, 7) is 1.04. The number of nitrogens with zero attached hydrogens (tertiary/aromatic N) is 2. The first-order chi connectivity index (χ1) is 8.98. The molecule has 0 aromatic carbocycles. The van der Waals surface area contributed by atoms with Crippen molar-refractivity contribution < 1.29 is 23.6 Å². The fourth-order valence-corrected chi connectivity index (χ4v) is 1.88. The Bertz CT molecular complexity index is 385. The summed E-state index contributed by atoms with van der Waals surface area (Å²) in [7, 11) is -3.57. The average Bonchev–Trinajstić information content (AvgIpc) is 2.93. The van der Waals surface area contributed by atoms with Gasteiger partial charge in [-0.25, -0.2) is 19.6 Å². The Morgan fingerprint density at radius 3 is 1.74 bits per heavy atom. The lowest BCUT2D eigenvalue weighted by Crippen LogP contribution is -2.53. The molecule has 0 atom stereocenters. The first-order valence-corrected chi connectivity index (χ1v) is 7.08. The largest absolute Gasteiger partial charge is 0.446 e. The third-order valence-corrected chi connectivity index (χ3v) is 3.09. The van der Waals surface area contributed by atoms with Crippen molar-refractivity contribution in [2.24, 2.45) is 5.50 Å². The van der Waals surface area contributed by atoms with Crippen LogP contribution in [0.25, 0.3) is 0 Å². The zero-order valence-corrected chi connectivity index (χ0v) is 10.7. The molecular formula is C6H14N7O5P. The standard InChI is InChI=1S/C6H14N7O5P/c7-19(16,10-8-12-1-3-17-5(12)14)11-9-13-2-4-18-6(13)15/h8-9H,1-4H2,(H4,7,10,11,16). The normalized spacial score (nSPS) is 19.8. The Morgan fingerprint density at radius 1 is 1.00 bits per heavy atom. The molecule has 2 aliphatic heterocycles. The van der Waals surface area contributed by atoms with Crippen LogP contribution in [0.4, 0.5) is 9.59 Å². The van der Waals surface area contributed by atoms with Crippen LogP contribution in [0, 0.1) is 0 Å². The van der Waals surface area contributed by atoms with Crippen LogP contribution in [0.5, 0.6) is 0 Å². The van der Waals surface area contributed by atoms with Crippen LogP contribution in [-0.4, -0.2) is 48.5 Å². The van der Waals surface area contributed by atoms with E-state index in [4.69, 9.17) is 5.50 Å². The third kappa shape index (κ3) is 3.76. The second kappa shape index (κ2) is 5.69. The molecular weight excluding hydrogens is 281 g/mol. The molecule has 0 radical (unpaired) electrons. The van der Waals surface area contributed by atoms with E-state index in [9.17, 15) is 14.2 Å². The number of cyclic esters (lactones) is 2. The smallest absolute Gasteiger partial charge is 0.425 e. The van der Waals surface area contributed by atoms with Crippen LogP contribution in [0.3, 0.4) is 0 Å². The molecule has 0 aromatic heterocycles. The zero-order chi connectivity index (χ0) is 13.9. The van der Waals surface area contributed by atoms with E-state index in [1.165, 1.54) is 0 Å². The Morgan fingerprint density at radius 2 is 1.42 bits per heavy atom. The van der Waals surface area contributed by atoms with Crippen LogP contribution < -0.4 is 27.0 Å². The lowest BCUT2D eigenvalue weighted by molar-refractivity contribution is 0.140. The number of hydrogen-bond donors (Lipinski definition) is 5. The molecule has 12 nitrogen and oxygen atoms in total. The summed E-state index contributed by atoms with van der Waals surface area (Å²) in [6, 6.07) is 0. The molecule has 0 aliphatic carbocycles. The second-order valence-corrected chi connectivity index (χ2v) is 5.40. The maximum absolute atomic E-state index is 11.8. The summed E-state index contributed by atoms with van der Waals surface area (Å²) in [4.78, 5) is 22.1. The number of amides is 2. The minimum absolute atomic E-state index is 0.230. The van der Waals surface area contributed by atoms with Gasteiger partial charge in [0.2, 0.25) is 0 Å². The van der Waals surface area contributed by atoms with Crippen LogP contribution in [-0.2, 0) is 14.0 Å². The fourth-order valence-electron chi connectivity index (χ4n) is 1.29. The van der Waals surface area contributed by atoms with E-state index in [-0.39, 0.29) is 26.3 Å². The van der Waals surface area contributed by atoms with Gasteiger partial charge in [0.1, 0.15) is 13.2 Å². The van der Waals surface area contributed by atoms with Crippen LogP contribution in [0.2, 0.25) is 0 Å². The number of nitrogens with one attached hydrogen (secondary N) is 4. The molecule has 2 rings (SSSR count). The molecule has 2 amide bonds. The van der Waals surface area contributed by atoms with Crippen LogP contribution >= 0.6 is 7.59 Å². The number of hydrogen-bond acceptors (Lipinski definition) is 7. The maximum Gasteiger partial charge on any atom is 0.425 e. The number of nitrogens with two attached hydrogens (primary N) is 1. The molecule has 2 saturated heterocycles. The summed E-state index contributed by atoms with van der Waals surface area (Å²) in [5, 5.41) is 6.57. The Labute approximate surface area is 108 Å². The molecule has 0 aromatic rings. The average molecular weight is 295 g/mol. The van der Waals surface area contributed by atoms with E-state index in [2.05, 4.69) is 30.9 Å². The molecule has 2 fully saturated rings. The minimum Gasteiger partial charge on any atom is -0.446 e. The van der Waals surface area contributed by atoms with Gasteiger partial charge in [0.25, 0.3) is 0 Å². The number of ether oxygens (including phenoxy) is 2. The SMILES string of the molecule is NP(=O)(NNN1CCOC1=O)NNN1CCOC1=O. The van der Waals surface area contributed by atoms with Crippen molar-refractivity contribution in [3.63, 3.8) is 0 Å². The summed E-state index contributed by atoms with van der Waals surface area (Å²) in [5.41, 5.74) is 10.1. The summed E-state index contributed by atoms with van der Waals surface area (Å²) >= 11 is 0. The first-order valence-electron chi connectivity index (χ1n) is 5.31. The molecule has 108 valence electrons. The predicted octanol–water partition coefficient (Wildman–Crippen LogP) is -2.02. The molecule has 0 saturated carbocycles. The van der Waals surface area contributed by atoms with Gasteiger partial charge in [-0.1, -0.05) is 0 Å². The Hall–Kier alpha value is -1.43. The summed E-state index contributed by atoms with van der Waals surface area (Å²) < 4.78 is 21.1. The van der Waals surface area contributed by atoms with Gasteiger partial charge >= 0.3 is 19.8 Å². The quantitative estimate of drug-likeness (QED) is 0.274. The molecule has 0 bridgehead atoms. The van der Waals surface area contributed by atoms with E-state index in [1.54, 1.807) is 0 Å². The predicted molar refractivity (Wildman–Crippen MR) is 60.4 cm³/mol. The lowest BCUT2D eigenvalue weighted by atomic mass is 10.7. The topological polar surface area (TPSA) is 150 Å². The minimum atomic E-state index is -3.57. The van der Waals surface area contributed by atoms with Crippen molar-refractivity contribution in [2.75, 3.05) is 26.3 Å². The van der Waals surface area contributed by atoms with Crippen molar-refractivity contribution in [1.82, 2.24) is 31.5 Å². The number of carbonyl (C=O) groups excluding carboxylic acids is 2. The van der Waals surface area contributed by atoms with E-state index in [1.807, 2.05) is 0 Å². The number of hydrazine groups is 4. The Balaban J connectivity index is 1.73. The van der Waals surface area contributed by atoms with E-state index >= 15 is 0 Å². The molecule has 2 heterocycles. The van der Waals surface area contributed by atoms with Crippen molar-refractivity contribution in [1.29, 1.82) is 0 Å². The molecule has 13 heteroatoms. The highest BCUT2D eigenvalue weighted by atomic mass is 31.2. The van der Waals surface area contributed by atoms with Gasteiger partial charge in [0.15, 0.2) is 0 Å². The molecule has 2 aliphatic rings. The van der Waals surface area contributed by atoms with Crippen molar-refractivity contribution >= 4 is 19.8 Å². The zero-order valence-electron chi connectivity index (χ0n) is 9.79. The van der Waals surface area contributed by atoms with Crippen molar-refractivity contribution in [2.45, 2.75) is 0 Å². The van der Waals surface area contributed by atoms with Gasteiger partial charge in [0, 0.05) is 0 Å². The third-order valence-electron chi connectivity index (χ3n) is 2.22. The van der Waals surface area contributed by atoms with E-state index in [0.29, 0.717) is 0 Å². The van der Waals surface area contributed by atoms with Gasteiger partial charge in [-0.2, -0.15) is 21.5 Å². The van der Waals surface area contributed by atoms with Gasteiger partial charge in [-0.15, -0.1) is 0 Å². The second-order valence-electron chi connectivity index (χ2n) is 3.64. The van der Waals surface area contributed by atoms with Crippen molar-refractivity contribution in [3.05, 3.63) is 0 Å². The summed E-state index contributed by atoms with van der Waals surface area (Å²) in [6.07, 6.45) is -1.22. The van der Waals surface area contributed by atoms with E-state index < -0.39 is 19.8 Å². The van der Waals surface area contributed by atoms with Gasteiger partial charge in [-0.3, -0.25) is 10.1 Å². The highest BCUT2D eigenvalue weighted by molar-refractivity contribution is 7.57. The van der Waals surface area contributed by atoms with Crippen LogP contribution in [0.15, 0.2) is 0 Å². The lowest BCUT2D eigenvalue weighted by Gasteiger charge is -2.22. The van der Waals surface area contributed by atoms with Gasteiger partial charge in [-0.05, 0) is 0 Å². The summed E-state index contributed by atoms with van der Waals surface area (Å²) in [5.74, 6) is 0. The first kappa shape index (κ1) is 14.0. The van der Waals surface area contributed by atoms with Gasteiger partial charge < -0.3 is 9.47 Å². The van der Waals surface area contributed by atoms with Gasteiger partial charge in [0.05, 0.1) is 13.1 Å². The molecule has 0 unspecified atom stereocenters. The van der Waals surface area contributed by atoms with E-state index in [0.717, 1.165) is 10.0 Å². The Kier molecular flexibility index (Phi) is 4.19. The highest BCUT2D eigenvalue weighted by Crippen LogP contribution is 2.21. The fraction of sp³-hybridized carbons (Fsp3) is 0.667. The highest BCUT2D eigenvalue weighted by Gasteiger charge is 2.27. The van der Waals surface area contributed by atoms with Crippen molar-refractivity contribution in [3.8, 4) is 0 Å². The number of rotatable bonds is 6. The molecule has 0 spiro atoms. The molecule has 6 N–H and O–H groups in total. The maximum atomic E-state index is 11.8. The van der Waals surface area contributed by atoms with Crippen LogP contribution in [0.1, 0.15) is 0 Å². The monoisotopic (exact) mass is 295 g/mol. The number of carbonyl (C=O) groups is 2. The molecule has 19 heavy (non-hydrogen) atoms.